The van der Waals surface area contributed by atoms with Gasteiger partial charge in [0.05, 0.1) is 27.6 Å². The van der Waals surface area contributed by atoms with Crippen LogP contribution in [0, 0.1) is 0 Å². The van der Waals surface area contributed by atoms with Crippen LogP contribution in [0.5, 0.6) is 0 Å². The van der Waals surface area contributed by atoms with Crippen molar-refractivity contribution in [1.82, 2.24) is 13.4 Å². The molecule has 1 N–H and O–H groups in total. The molecule has 9 heteroatoms. The summed E-state index contributed by atoms with van der Waals surface area (Å²) in [5.74, 6) is 0. The van der Waals surface area contributed by atoms with E-state index in [1.165, 1.54) is 19.5 Å². The predicted molar refractivity (Wildman–Crippen MR) is 99.1 cm³/mol. The molecule has 1 atom stereocenters. The largest absolute Gasteiger partial charge is 0.389 e. The summed E-state index contributed by atoms with van der Waals surface area (Å²) >= 11 is 3.35. The number of imidazole rings is 1. The van der Waals surface area contributed by atoms with Crippen molar-refractivity contribution in [3.05, 3.63) is 27.1 Å². The number of nitrogens with zero attached hydrogens (tertiary/aromatic N) is 3. The average molecular weight is 432 g/mol. The maximum atomic E-state index is 13.2. The first-order valence-electron chi connectivity index (χ1n) is 8.05. The van der Waals surface area contributed by atoms with Crippen LogP contribution in [-0.4, -0.2) is 45.2 Å². The first-order valence-corrected chi connectivity index (χ1v) is 10.3. The van der Waals surface area contributed by atoms with Gasteiger partial charge in [-0.15, -0.1) is 0 Å². The highest BCUT2D eigenvalue weighted by Crippen LogP contribution is 2.35. The first kappa shape index (κ1) is 18.6. The second-order valence-corrected chi connectivity index (χ2v) is 9.81. The molecular formula is C16H22BrN3O4S. The van der Waals surface area contributed by atoms with Crippen LogP contribution in [0.3, 0.4) is 0 Å². The molecule has 2 aromatic rings. The van der Waals surface area contributed by atoms with Gasteiger partial charge in [0, 0.05) is 25.1 Å². The molecule has 0 aliphatic carbocycles. The van der Waals surface area contributed by atoms with Crippen molar-refractivity contribution < 1.29 is 13.5 Å². The van der Waals surface area contributed by atoms with Gasteiger partial charge in [0.2, 0.25) is 10.0 Å². The standard InChI is InChI=1S/C16H22BrN3O4S/c1-16(2,22)14-6-5-7-20(14)25(23,24)13-9-12-11(8-10(13)17)18(3)15(21)19(12)4/h8-9,14,22H,5-7H2,1-4H3. The Kier molecular flexibility index (Phi) is 4.42. The van der Waals surface area contributed by atoms with E-state index in [9.17, 15) is 18.3 Å². The fraction of sp³-hybridized carbons (Fsp3) is 0.562. The molecule has 1 fully saturated rings. The number of benzene rings is 1. The smallest absolute Gasteiger partial charge is 0.328 e. The molecular weight excluding hydrogens is 410 g/mol. The molecule has 1 saturated heterocycles. The summed E-state index contributed by atoms with van der Waals surface area (Å²) in [6.07, 6.45) is 1.32. The van der Waals surface area contributed by atoms with Crippen LogP contribution in [0.1, 0.15) is 26.7 Å². The summed E-state index contributed by atoms with van der Waals surface area (Å²) in [5, 5.41) is 10.4. The lowest BCUT2D eigenvalue weighted by Crippen LogP contribution is -2.48. The zero-order chi connectivity index (χ0) is 18.7. The number of halogens is 1. The SMILES string of the molecule is Cn1c(=O)n(C)c2cc(S(=O)(=O)N3CCCC3C(C)(C)O)c(Br)cc21. The van der Waals surface area contributed by atoms with E-state index in [4.69, 9.17) is 0 Å². The van der Waals surface area contributed by atoms with E-state index in [0.29, 0.717) is 34.9 Å². The molecule has 0 saturated carbocycles. The van der Waals surface area contributed by atoms with Gasteiger partial charge in [0.1, 0.15) is 0 Å². The Balaban J connectivity index is 2.20. The average Bonchev–Trinajstić information content (AvgIpc) is 3.08. The number of fused-ring (bicyclic) bond motifs is 1. The van der Waals surface area contributed by atoms with Gasteiger partial charge in [-0.3, -0.25) is 9.13 Å². The Bertz CT molecular complexity index is 1000. The topological polar surface area (TPSA) is 84.5 Å². The predicted octanol–water partition coefficient (Wildman–Crippen LogP) is 1.56. The van der Waals surface area contributed by atoms with Crippen molar-refractivity contribution in [3.63, 3.8) is 0 Å². The maximum Gasteiger partial charge on any atom is 0.328 e. The van der Waals surface area contributed by atoms with Crippen molar-refractivity contribution in [2.45, 2.75) is 43.2 Å². The summed E-state index contributed by atoms with van der Waals surface area (Å²) in [6, 6.07) is 2.70. The van der Waals surface area contributed by atoms with E-state index in [2.05, 4.69) is 15.9 Å². The molecule has 3 rings (SSSR count). The Morgan fingerprint density at radius 3 is 2.32 bits per heavy atom. The summed E-state index contributed by atoms with van der Waals surface area (Å²) in [7, 11) is -0.547. The van der Waals surface area contributed by atoms with Crippen LogP contribution in [0.25, 0.3) is 11.0 Å². The molecule has 25 heavy (non-hydrogen) atoms. The van der Waals surface area contributed by atoms with Gasteiger partial charge in [-0.1, -0.05) is 0 Å². The second-order valence-electron chi connectivity index (χ2n) is 7.10. The molecule has 1 aliphatic heterocycles. The molecule has 0 spiro atoms. The number of sulfonamides is 1. The quantitative estimate of drug-likeness (QED) is 0.798. The van der Waals surface area contributed by atoms with Gasteiger partial charge in [0.15, 0.2) is 0 Å². The number of hydrogen-bond acceptors (Lipinski definition) is 4. The summed E-state index contributed by atoms with van der Waals surface area (Å²) in [4.78, 5) is 12.2. The van der Waals surface area contributed by atoms with Crippen molar-refractivity contribution in [2.75, 3.05) is 6.54 Å². The fourth-order valence-corrected chi connectivity index (χ4v) is 6.39. The zero-order valence-electron chi connectivity index (χ0n) is 14.7. The number of rotatable bonds is 3. The monoisotopic (exact) mass is 431 g/mol. The lowest BCUT2D eigenvalue weighted by atomic mass is 9.98. The minimum atomic E-state index is -3.81. The Morgan fingerprint density at radius 1 is 1.20 bits per heavy atom. The minimum Gasteiger partial charge on any atom is -0.389 e. The van der Waals surface area contributed by atoms with E-state index in [0.717, 1.165) is 0 Å². The lowest BCUT2D eigenvalue weighted by molar-refractivity contribution is 0.0215. The van der Waals surface area contributed by atoms with Gasteiger partial charge in [-0.05, 0) is 54.8 Å². The lowest BCUT2D eigenvalue weighted by Gasteiger charge is -2.33. The van der Waals surface area contributed by atoms with E-state index in [-0.39, 0.29) is 10.6 Å². The Morgan fingerprint density at radius 2 is 1.76 bits per heavy atom. The van der Waals surface area contributed by atoms with Crippen LogP contribution < -0.4 is 5.69 Å². The minimum absolute atomic E-state index is 0.109. The normalized spacial score (nSPS) is 19.8. The molecule has 0 bridgehead atoms. The van der Waals surface area contributed by atoms with E-state index in [1.807, 2.05) is 0 Å². The highest BCUT2D eigenvalue weighted by Gasteiger charge is 2.43. The third kappa shape index (κ3) is 2.87. The van der Waals surface area contributed by atoms with Crippen LogP contribution >= 0.6 is 15.9 Å². The second kappa shape index (κ2) is 5.94. The van der Waals surface area contributed by atoms with Gasteiger partial charge in [-0.25, -0.2) is 13.2 Å². The van der Waals surface area contributed by atoms with Crippen LogP contribution in [0.4, 0.5) is 0 Å². The van der Waals surface area contributed by atoms with Gasteiger partial charge < -0.3 is 5.11 Å². The molecule has 1 aromatic carbocycles. The molecule has 1 aromatic heterocycles. The number of aliphatic hydroxyl groups is 1. The Hall–Kier alpha value is -1.16. The third-order valence-electron chi connectivity index (χ3n) is 4.93. The van der Waals surface area contributed by atoms with E-state index in [1.54, 1.807) is 34.0 Å². The molecule has 1 unspecified atom stereocenters. The summed E-state index contributed by atoms with van der Waals surface area (Å²) in [5.41, 5.74) is -0.140. The fourth-order valence-electron chi connectivity index (χ4n) is 3.56. The molecule has 2 heterocycles. The van der Waals surface area contributed by atoms with Crippen molar-refractivity contribution in [1.29, 1.82) is 0 Å². The van der Waals surface area contributed by atoms with Crippen LogP contribution in [0.2, 0.25) is 0 Å². The van der Waals surface area contributed by atoms with Gasteiger partial charge >= 0.3 is 5.69 Å². The summed E-state index contributed by atoms with van der Waals surface area (Å²) in [6.45, 7) is 3.63. The van der Waals surface area contributed by atoms with Gasteiger partial charge in [0.25, 0.3) is 0 Å². The summed E-state index contributed by atoms with van der Waals surface area (Å²) < 4.78 is 31.2. The molecule has 138 valence electrons. The number of hydrogen-bond donors (Lipinski definition) is 1. The van der Waals surface area contributed by atoms with Crippen LogP contribution in [-0.2, 0) is 24.1 Å². The van der Waals surface area contributed by atoms with Crippen LogP contribution in [0.15, 0.2) is 26.3 Å². The van der Waals surface area contributed by atoms with Crippen molar-refractivity contribution >= 4 is 37.0 Å². The first-order chi connectivity index (χ1) is 11.5. The molecule has 0 amide bonds. The van der Waals surface area contributed by atoms with Crippen molar-refractivity contribution in [2.24, 2.45) is 14.1 Å². The zero-order valence-corrected chi connectivity index (χ0v) is 17.1. The highest BCUT2D eigenvalue weighted by molar-refractivity contribution is 9.10. The molecule has 0 radical (unpaired) electrons. The highest BCUT2D eigenvalue weighted by atomic mass is 79.9. The molecule has 1 aliphatic rings. The maximum absolute atomic E-state index is 13.2. The van der Waals surface area contributed by atoms with E-state index < -0.39 is 21.7 Å². The van der Waals surface area contributed by atoms with Crippen molar-refractivity contribution in [3.8, 4) is 0 Å². The Labute approximate surface area is 155 Å². The van der Waals surface area contributed by atoms with E-state index >= 15 is 0 Å². The molecule has 7 nitrogen and oxygen atoms in total. The van der Waals surface area contributed by atoms with Gasteiger partial charge in [-0.2, -0.15) is 4.31 Å². The third-order valence-corrected chi connectivity index (χ3v) is 7.80. The number of aryl methyl sites for hydroxylation is 2. The number of aromatic nitrogens is 2.